The van der Waals surface area contributed by atoms with Crippen LogP contribution in [0.4, 0.5) is 0 Å². The molecule has 31 heavy (non-hydrogen) atoms. The van der Waals surface area contributed by atoms with Gasteiger partial charge in [-0.15, -0.1) is 0 Å². The molecule has 0 fully saturated rings. The number of phenols is 3. The number of rotatable bonds is 5. The quantitative estimate of drug-likeness (QED) is 0.383. The van der Waals surface area contributed by atoms with Gasteiger partial charge < -0.3 is 24.8 Å². The van der Waals surface area contributed by atoms with E-state index in [-0.39, 0.29) is 40.2 Å². The summed E-state index contributed by atoms with van der Waals surface area (Å²) < 4.78 is 5.95. The van der Waals surface area contributed by atoms with Crippen molar-refractivity contribution >= 4 is 16.9 Å². The predicted octanol–water partition coefficient (Wildman–Crippen LogP) is 4.18. The summed E-state index contributed by atoms with van der Waals surface area (Å²) in [6.45, 7) is 0. The third-order valence-corrected chi connectivity index (χ3v) is 5.08. The van der Waals surface area contributed by atoms with Crippen molar-refractivity contribution in [1.82, 2.24) is 0 Å². The van der Waals surface area contributed by atoms with E-state index in [0.717, 1.165) is 6.07 Å². The van der Waals surface area contributed by atoms with Crippen molar-refractivity contribution in [1.29, 1.82) is 0 Å². The zero-order valence-corrected chi connectivity index (χ0v) is 16.1. The van der Waals surface area contributed by atoms with E-state index in [1.807, 2.05) is 0 Å². The van der Waals surface area contributed by atoms with E-state index in [4.69, 9.17) is 4.42 Å². The molecule has 3 aromatic carbocycles. The number of carboxylic acids is 1. The second kappa shape index (κ2) is 7.87. The molecule has 7 nitrogen and oxygen atoms in total. The van der Waals surface area contributed by atoms with Crippen LogP contribution in [0.3, 0.4) is 0 Å². The number of benzene rings is 3. The number of fused-ring (bicyclic) bond motifs is 1. The third-order valence-electron chi connectivity index (χ3n) is 5.08. The van der Waals surface area contributed by atoms with Gasteiger partial charge in [-0.05, 0) is 29.8 Å². The van der Waals surface area contributed by atoms with E-state index in [1.165, 1.54) is 18.2 Å². The molecular weight excluding hydrogens is 400 g/mol. The first kappa shape index (κ1) is 20.0. The van der Waals surface area contributed by atoms with Crippen molar-refractivity contribution in [2.75, 3.05) is 0 Å². The van der Waals surface area contributed by atoms with Crippen LogP contribution in [0, 0.1) is 0 Å². The van der Waals surface area contributed by atoms with Crippen molar-refractivity contribution in [2.45, 2.75) is 12.3 Å². The number of carboxylic acid groups (broad SMARTS) is 1. The van der Waals surface area contributed by atoms with Crippen LogP contribution in [0.5, 0.6) is 17.2 Å². The van der Waals surface area contributed by atoms with Gasteiger partial charge in [0.15, 0.2) is 5.43 Å². The van der Waals surface area contributed by atoms with E-state index in [9.17, 15) is 30.0 Å². The molecule has 0 aliphatic heterocycles. The second-order valence-corrected chi connectivity index (χ2v) is 7.12. The second-order valence-electron chi connectivity index (χ2n) is 7.12. The zero-order valence-electron chi connectivity index (χ0n) is 16.1. The fourth-order valence-electron chi connectivity index (χ4n) is 3.67. The number of aliphatic carboxylic acids is 1. The maximum absolute atomic E-state index is 12.8. The van der Waals surface area contributed by atoms with Gasteiger partial charge in [-0.3, -0.25) is 9.59 Å². The van der Waals surface area contributed by atoms with Crippen molar-refractivity contribution in [2.24, 2.45) is 0 Å². The summed E-state index contributed by atoms with van der Waals surface area (Å²) in [4.78, 5) is 24.4. The molecule has 4 rings (SSSR count). The molecule has 1 aromatic heterocycles. The number of hydrogen-bond acceptors (Lipinski definition) is 6. The molecule has 0 aliphatic carbocycles. The summed E-state index contributed by atoms with van der Waals surface area (Å²) in [7, 11) is 0. The molecule has 7 heteroatoms. The van der Waals surface area contributed by atoms with E-state index < -0.39 is 23.1 Å². The molecule has 0 aliphatic rings. The Kier molecular flexibility index (Phi) is 5.09. The average Bonchev–Trinajstić information content (AvgIpc) is 2.73. The van der Waals surface area contributed by atoms with Crippen LogP contribution in [0.15, 0.2) is 75.9 Å². The first-order valence-corrected chi connectivity index (χ1v) is 9.44. The smallest absolute Gasteiger partial charge is 0.304 e. The van der Waals surface area contributed by atoms with Gasteiger partial charge in [0.1, 0.15) is 34.0 Å². The molecule has 0 spiro atoms. The topological polar surface area (TPSA) is 128 Å². The number of carbonyl (C=O) groups is 1. The van der Waals surface area contributed by atoms with Gasteiger partial charge in [0.2, 0.25) is 0 Å². The lowest BCUT2D eigenvalue weighted by Crippen LogP contribution is -2.11. The maximum Gasteiger partial charge on any atom is 0.304 e. The maximum atomic E-state index is 12.8. The lowest BCUT2D eigenvalue weighted by atomic mass is 9.86. The normalized spacial score (nSPS) is 12.0. The van der Waals surface area contributed by atoms with Gasteiger partial charge in [-0.1, -0.05) is 30.3 Å². The van der Waals surface area contributed by atoms with E-state index in [2.05, 4.69) is 0 Å². The Morgan fingerprint density at radius 3 is 2.23 bits per heavy atom. The van der Waals surface area contributed by atoms with E-state index in [1.54, 1.807) is 42.5 Å². The predicted molar refractivity (Wildman–Crippen MR) is 113 cm³/mol. The highest BCUT2D eigenvalue weighted by molar-refractivity contribution is 5.90. The van der Waals surface area contributed by atoms with E-state index >= 15 is 0 Å². The molecule has 0 saturated heterocycles. The molecule has 0 radical (unpaired) electrons. The lowest BCUT2D eigenvalue weighted by molar-refractivity contribution is -0.137. The number of hydrogen-bond donors (Lipinski definition) is 4. The Labute approximate surface area is 176 Å². The highest BCUT2D eigenvalue weighted by Gasteiger charge is 2.27. The Morgan fingerprint density at radius 1 is 0.903 bits per heavy atom. The van der Waals surface area contributed by atoms with E-state index in [0.29, 0.717) is 11.1 Å². The van der Waals surface area contributed by atoms with Gasteiger partial charge >= 0.3 is 5.97 Å². The van der Waals surface area contributed by atoms with Crippen molar-refractivity contribution in [3.8, 4) is 28.6 Å². The van der Waals surface area contributed by atoms with Crippen molar-refractivity contribution < 1.29 is 29.6 Å². The summed E-state index contributed by atoms with van der Waals surface area (Å²) in [5.41, 5.74) is 0.539. The first-order chi connectivity index (χ1) is 14.8. The van der Waals surface area contributed by atoms with Crippen LogP contribution in [0.25, 0.3) is 22.3 Å². The Balaban J connectivity index is 2.04. The summed E-state index contributed by atoms with van der Waals surface area (Å²) in [5.74, 6) is -2.61. The molecule has 156 valence electrons. The fourth-order valence-corrected chi connectivity index (χ4v) is 3.67. The molecule has 1 atom stereocenters. The molecular formula is C24H18O7. The van der Waals surface area contributed by atoms with Crippen molar-refractivity contribution in [3.05, 3.63) is 88.1 Å². The first-order valence-electron chi connectivity index (χ1n) is 9.44. The number of phenolic OH excluding ortho intramolecular Hbond substituents is 3. The monoisotopic (exact) mass is 418 g/mol. The summed E-state index contributed by atoms with van der Waals surface area (Å²) >= 11 is 0. The van der Waals surface area contributed by atoms with Gasteiger partial charge in [0.25, 0.3) is 0 Å². The highest BCUT2D eigenvalue weighted by atomic mass is 16.4. The van der Waals surface area contributed by atoms with Crippen LogP contribution in [-0.2, 0) is 4.79 Å². The largest absolute Gasteiger partial charge is 0.508 e. The molecule has 0 saturated carbocycles. The van der Waals surface area contributed by atoms with Crippen LogP contribution in [0.2, 0.25) is 0 Å². The summed E-state index contributed by atoms with van der Waals surface area (Å²) in [6.07, 6.45) is -0.370. The highest BCUT2D eigenvalue weighted by Crippen LogP contribution is 2.42. The van der Waals surface area contributed by atoms with Gasteiger partial charge in [-0.2, -0.15) is 0 Å². The fraction of sp³-hybridized carbons (Fsp3) is 0.0833. The SMILES string of the molecule is O=C(O)C[C@H](c1ccccc1)c1c(O)cc(O)c2c(=O)cc(-c3ccc(O)cc3)oc12. The zero-order chi connectivity index (χ0) is 22.1. The molecule has 0 unspecified atom stereocenters. The Hall–Kier alpha value is -4.26. The summed E-state index contributed by atoms with van der Waals surface area (Å²) in [5, 5.41) is 39.8. The Morgan fingerprint density at radius 2 is 1.58 bits per heavy atom. The van der Waals surface area contributed by atoms with Gasteiger partial charge in [-0.25, -0.2) is 0 Å². The molecule has 0 amide bonds. The molecule has 4 N–H and O–H groups in total. The van der Waals surface area contributed by atoms with Crippen LogP contribution < -0.4 is 5.43 Å². The number of aromatic hydroxyl groups is 3. The minimum Gasteiger partial charge on any atom is -0.508 e. The average molecular weight is 418 g/mol. The minimum absolute atomic E-state index is 0.0356. The van der Waals surface area contributed by atoms with Gasteiger partial charge in [0, 0.05) is 29.2 Å². The van der Waals surface area contributed by atoms with Crippen LogP contribution >= 0.6 is 0 Å². The lowest BCUT2D eigenvalue weighted by Gasteiger charge is -2.19. The summed E-state index contributed by atoms with van der Waals surface area (Å²) in [6, 6.07) is 16.9. The van der Waals surface area contributed by atoms with Crippen LogP contribution in [-0.4, -0.2) is 26.4 Å². The standard InChI is InChI=1S/C24H18O7/c25-15-8-6-14(7-9-15)20-12-19(28)23-18(27)11-17(26)22(24(23)31-20)16(10-21(29)30)13-4-2-1-3-5-13/h1-9,11-12,16,25-27H,10H2,(H,29,30)/t16-/m1/s1. The third kappa shape index (κ3) is 3.81. The molecule has 4 aromatic rings. The van der Waals surface area contributed by atoms with Crippen LogP contribution in [0.1, 0.15) is 23.5 Å². The molecule has 0 bridgehead atoms. The van der Waals surface area contributed by atoms with Crippen molar-refractivity contribution in [3.63, 3.8) is 0 Å². The van der Waals surface area contributed by atoms with Gasteiger partial charge in [0.05, 0.1) is 6.42 Å². The molecule has 1 heterocycles. The minimum atomic E-state index is -1.11. The Bertz CT molecular complexity index is 1320.